The quantitative estimate of drug-likeness (QED) is 0.591. The van der Waals surface area contributed by atoms with Gasteiger partial charge in [0, 0.05) is 37.6 Å². The summed E-state index contributed by atoms with van der Waals surface area (Å²) in [5.41, 5.74) is 0.529. The van der Waals surface area contributed by atoms with Crippen LogP contribution >= 0.6 is 11.6 Å². The van der Waals surface area contributed by atoms with Crippen LogP contribution in [0.1, 0.15) is 5.56 Å². The molecule has 4 rings (SSSR count). The molecule has 0 aliphatic carbocycles. The van der Waals surface area contributed by atoms with Crippen LogP contribution in [0.3, 0.4) is 0 Å². The van der Waals surface area contributed by atoms with E-state index in [0.29, 0.717) is 19.0 Å². The molecule has 1 aliphatic rings. The number of halogens is 4. The molecular weight excluding hydrogens is 445 g/mol. The first-order valence-corrected chi connectivity index (χ1v) is 10.2. The highest BCUT2D eigenvalue weighted by Gasteiger charge is 2.30. The van der Waals surface area contributed by atoms with Gasteiger partial charge in [-0.3, -0.25) is 0 Å². The molecule has 32 heavy (non-hydrogen) atoms. The van der Waals surface area contributed by atoms with Crippen molar-refractivity contribution >= 4 is 34.9 Å². The number of ether oxygens (including phenoxy) is 1. The molecule has 1 aromatic heterocycles. The van der Waals surface area contributed by atoms with Crippen molar-refractivity contribution in [2.75, 3.05) is 48.4 Å². The third-order valence-corrected chi connectivity index (χ3v) is 5.21. The van der Waals surface area contributed by atoms with Gasteiger partial charge in [-0.2, -0.15) is 28.1 Å². The van der Waals surface area contributed by atoms with Crippen molar-refractivity contribution in [2.24, 2.45) is 0 Å². The summed E-state index contributed by atoms with van der Waals surface area (Å²) in [5, 5.41) is 2.75. The average Bonchev–Trinajstić information content (AvgIpc) is 2.78. The SMILES string of the molecule is COc1ccc(N2CCN(c3nc(Cl)nc(Nc4cccc(C(F)(F)F)c4)n3)CC2)cc1. The normalized spacial score (nSPS) is 14.4. The highest BCUT2D eigenvalue weighted by molar-refractivity contribution is 6.28. The summed E-state index contributed by atoms with van der Waals surface area (Å²) in [6.45, 7) is 2.78. The molecule has 11 heteroatoms. The molecular formula is C21H20ClF3N6O. The van der Waals surface area contributed by atoms with Gasteiger partial charge in [-0.1, -0.05) is 6.07 Å². The zero-order valence-electron chi connectivity index (χ0n) is 17.1. The lowest BCUT2D eigenvalue weighted by molar-refractivity contribution is -0.137. The van der Waals surface area contributed by atoms with Gasteiger partial charge in [0.15, 0.2) is 0 Å². The van der Waals surface area contributed by atoms with Gasteiger partial charge in [-0.25, -0.2) is 0 Å². The molecule has 2 aromatic carbocycles. The Bertz CT molecular complexity index is 1070. The van der Waals surface area contributed by atoms with Crippen LogP contribution in [0.15, 0.2) is 48.5 Å². The molecule has 7 nitrogen and oxygen atoms in total. The van der Waals surface area contributed by atoms with E-state index in [4.69, 9.17) is 16.3 Å². The predicted molar refractivity (Wildman–Crippen MR) is 117 cm³/mol. The van der Waals surface area contributed by atoms with Gasteiger partial charge >= 0.3 is 6.18 Å². The summed E-state index contributed by atoms with van der Waals surface area (Å²) in [4.78, 5) is 16.7. The second-order valence-corrected chi connectivity index (χ2v) is 7.44. The van der Waals surface area contributed by atoms with Crippen LogP contribution < -0.4 is 19.9 Å². The van der Waals surface area contributed by atoms with Crippen LogP contribution in [0.2, 0.25) is 5.28 Å². The molecule has 1 fully saturated rings. The van der Waals surface area contributed by atoms with Crippen LogP contribution in [-0.2, 0) is 6.18 Å². The fourth-order valence-electron chi connectivity index (χ4n) is 3.40. The van der Waals surface area contributed by atoms with Crippen molar-refractivity contribution in [3.63, 3.8) is 0 Å². The number of piperazine rings is 1. The van der Waals surface area contributed by atoms with Crippen LogP contribution in [0.25, 0.3) is 0 Å². The monoisotopic (exact) mass is 464 g/mol. The maximum Gasteiger partial charge on any atom is 0.416 e. The third kappa shape index (κ3) is 5.13. The van der Waals surface area contributed by atoms with Crippen molar-refractivity contribution in [3.05, 3.63) is 59.4 Å². The summed E-state index contributed by atoms with van der Waals surface area (Å²) in [6, 6.07) is 12.6. The van der Waals surface area contributed by atoms with Gasteiger partial charge in [-0.15, -0.1) is 0 Å². The van der Waals surface area contributed by atoms with Crippen molar-refractivity contribution < 1.29 is 17.9 Å². The number of nitrogens with one attached hydrogen (secondary N) is 1. The number of methoxy groups -OCH3 is 1. The van der Waals surface area contributed by atoms with Crippen LogP contribution in [0, 0.1) is 0 Å². The second-order valence-electron chi connectivity index (χ2n) is 7.10. The summed E-state index contributed by atoms with van der Waals surface area (Å²) in [6.07, 6.45) is -4.44. The van der Waals surface area contributed by atoms with Gasteiger partial charge in [-0.05, 0) is 54.1 Å². The van der Waals surface area contributed by atoms with E-state index >= 15 is 0 Å². The molecule has 0 bridgehead atoms. The maximum atomic E-state index is 13.0. The van der Waals surface area contributed by atoms with Crippen molar-refractivity contribution in [2.45, 2.75) is 6.18 Å². The van der Waals surface area contributed by atoms with E-state index in [1.165, 1.54) is 12.1 Å². The van der Waals surface area contributed by atoms with Gasteiger partial charge in [0.1, 0.15) is 5.75 Å². The molecule has 1 aliphatic heterocycles. The largest absolute Gasteiger partial charge is 0.497 e. The lowest BCUT2D eigenvalue weighted by Crippen LogP contribution is -2.47. The number of aromatic nitrogens is 3. The van der Waals surface area contributed by atoms with Crippen molar-refractivity contribution in [1.29, 1.82) is 0 Å². The Labute approximate surface area is 187 Å². The molecule has 0 saturated carbocycles. The van der Waals surface area contributed by atoms with Gasteiger partial charge < -0.3 is 19.9 Å². The molecule has 0 radical (unpaired) electrons. The van der Waals surface area contributed by atoms with Gasteiger partial charge in [0.2, 0.25) is 17.2 Å². The minimum absolute atomic E-state index is 0.0398. The van der Waals surface area contributed by atoms with E-state index in [0.717, 1.165) is 36.7 Å². The Morgan fingerprint density at radius 2 is 1.62 bits per heavy atom. The van der Waals surface area contributed by atoms with E-state index in [1.54, 1.807) is 7.11 Å². The maximum absolute atomic E-state index is 13.0. The molecule has 2 heterocycles. The smallest absolute Gasteiger partial charge is 0.416 e. The third-order valence-electron chi connectivity index (χ3n) is 5.04. The number of nitrogens with zero attached hydrogens (tertiary/aromatic N) is 5. The molecule has 1 N–H and O–H groups in total. The Balaban J connectivity index is 1.45. The standard InChI is InChI=1S/C21H20ClF3N6O/c1-32-17-7-5-16(6-8-17)30-9-11-31(12-10-30)20-28-18(22)27-19(29-20)26-15-4-2-3-14(13-15)21(23,24)25/h2-8,13H,9-12H2,1H3,(H,26,27,28,29). The van der Waals surface area contributed by atoms with Crippen molar-refractivity contribution in [3.8, 4) is 5.75 Å². The molecule has 0 unspecified atom stereocenters. The number of benzene rings is 2. The number of hydrogen-bond donors (Lipinski definition) is 1. The second kappa shape index (κ2) is 9.07. The Morgan fingerprint density at radius 1 is 0.938 bits per heavy atom. The summed E-state index contributed by atoms with van der Waals surface area (Å²) >= 11 is 6.06. The summed E-state index contributed by atoms with van der Waals surface area (Å²) < 4.78 is 44.1. The minimum Gasteiger partial charge on any atom is -0.497 e. The van der Waals surface area contributed by atoms with E-state index in [2.05, 4.69) is 25.2 Å². The first-order chi connectivity index (χ1) is 15.3. The highest BCUT2D eigenvalue weighted by atomic mass is 35.5. The molecule has 1 saturated heterocycles. The summed E-state index contributed by atoms with van der Waals surface area (Å²) in [7, 11) is 1.63. The number of hydrogen-bond acceptors (Lipinski definition) is 7. The summed E-state index contributed by atoms with van der Waals surface area (Å²) in [5.74, 6) is 1.25. The van der Waals surface area contributed by atoms with E-state index in [1.807, 2.05) is 29.2 Å². The van der Waals surface area contributed by atoms with Crippen LogP contribution in [0.5, 0.6) is 5.75 Å². The number of alkyl halides is 3. The van der Waals surface area contributed by atoms with E-state index in [9.17, 15) is 13.2 Å². The Hall–Kier alpha value is -3.27. The first-order valence-electron chi connectivity index (χ1n) is 9.81. The lowest BCUT2D eigenvalue weighted by atomic mass is 10.2. The van der Waals surface area contributed by atoms with E-state index in [-0.39, 0.29) is 16.9 Å². The molecule has 0 atom stereocenters. The van der Waals surface area contributed by atoms with Gasteiger partial charge in [0.05, 0.1) is 12.7 Å². The molecule has 0 spiro atoms. The Kier molecular flexibility index (Phi) is 6.22. The number of anilines is 4. The predicted octanol–water partition coefficient (Wildman–Crippen LogP) is 4.62. The van der Waals surface area contributed by atoms with Gasteiger partial charge in [0.25, 0.3) is 0 Å². The van der Waals surface area contributed by atoms with Crippen molar-refractivity contribution in [1.82, 2.24) is 15.0 Å². The molecule has 3 aromatic rings. The van der Waals surface area contributed by atoms with Crippen LogP contribution in [-0.4, -0.2) is 48.2 Å². The first kappa shape index (κ1) is 21.9. The fraction of sp³-hybridized carbons (Fsp3) is 0.286. The van der Waals surface area contributed by atoms with Crippen LogP contribution in [0.4, 0.5) is 36.4 Å². The minimum atomic E-state index is -4.44. The fourth-order valence-corrected chi connectivity index (χ4v) is 3.55. The zero-order chi connectivity index (χ0) is 22.7. The average molecular weight is 465 g/mol. The highest BCUT2D eigenvalue weighted by Crippen LogP contribution is 2.31. The molecule has 0 amide bonds. The number of rotatable bonds is 5. The Morgan fingerprint density at radius 3 is 2.28 bits per heavy atom. The zero-order valence-corrected chi connectivity index (χ0v) is 17.9. The molecule has 168 valence electrons. The van der Waals surface area contributed by atoms with E-state index < -0.39 is 11.7 Å². The topological polar surface area (TPSA) is 66.4 Å². The lowest BCUT2D eigenvalue weighted by Gasteiger charge is -2.36.